The van der Waals surface area contributed by atoms with Gasteiger partial charge in [0.15, 0.2) is 0 Å². The highest BCUT2D eigenvalue weighted by atomic mass is 79.9. The van der Waals surface area contributed by atoms with Gasteiger partial charge in [0.25, 0.3) is 0 Å². The minimum atomic E-state index is 0.206. The SMILES string of the molecule is COc1cc(Nc2ncnc(Cl)c2C(C)C)c(Br)cc1Br. The second-order valence-corrected chi connectivity index (χ2v) is 6.74. The molecule has 0 amide bonds. The maximum atomic E-state index is 6.18. The minimum Gasteiger partial charge on any atom is -0.495 e. The average Bonchev–Trinajstić information content (AvgIpc) is 2.41. The summed E-state index contributed by atoms with van der Waals surface area (Å²) in [6, 6.07) is 3.80. The molecule has 0 aliphatic carbocycles. The second kappa shape index (κ2) is 6.94. The predicted octanol–water partition coefficient (Wildman–Crippen LogP) is 5.53. The fourth-order valence-corrected chi connectivity index (χ4v) is 3.50. The number of ether oxygens (including phenoxy) is 1. The molecule has 2 aromatic rings. The van der Waals surface area contributed by atoms with Crippen LogP contribution in [-0.4, -0.2) is 17.1 Å². The smallest absolute Gasteiger partial charge is 0.138 e. The number of halogens is 3. The summed E-state index contributed by atoms with van der Waals surface area (Å²) in [7, 11) is 1.62. The number of rotatable bonds is 4. The first-order chi connectivity index (χ1) is 9.93. The van der Waals surface area contributed by atoms with Crippen molar-refractivity contribution in [3.05, 3.63) is 38.1 Å². The van der Waals surface area contributed by atoms with Gasteiger partial charge >= 0.3 is 0 Å². The van der Waals surface area contributed by atoms with Crippen molar-refractivity contribution in [1.82, 2.24) is 9.97 Å². The summed E-state index contributed by atoms with van der Waals surface area (Å²) in [4.78, 5) is 8.34. The summed E-state index contributed by atoms with van der Waals surface area (Å²) in [6.45, 7) is 4.10. The maximum Gasteiger partial charge on any atom is 0.138 e. The highest BCUT2D eigenvalue weighted by Gasteiger charge is 2.15. The molecular weight excluding hydrogens is 421 g/mol. The quantitative estimate of drug-likeness (QED) is 0.642. The van der Waals surface area contributed by atoms with Crippen LogP contribution in [-0.2, 0) is 0 Å². The molecule has 0 spiro atoms. The molecule has 4 nitrogen and oxygen atoms in total. The Kier molecular flexibility index (Phi) is 5.46. The van der Waals surface area contributed by atoms with Gasteiger partial charge in [0.2, 0.25) is 0 Å². The lowest BCUT2D eigenvalue weighted by atomic mass is 10.1. The molecule has 1 N–H and O–H groups in total. The molecule has 0 fully saturated rings. The lowest BCUT2D eigenvalue weighted by molar-refractivity contribution is 0.412. The Morgan fingerprint density at radius 2 is 1.90 bits per heavy atom. The van der Waals surface area contributed by atoms with Gasteiger partial charge in [-0.25, -0.2) is 9.97 Å². The third-order valence-electron chi connectivity index (χ3n) is 2.91. The molecule has 2 rings (SSSR count). The van der Waals surface area contributed by atoms with E-state index >= 15 is 0 Å². The van der Waals surface area contributed by atoms with E-state index in [2.05, 4.69) is 47.1 Å². The van der Waals surface area contributed by atoms with Crippen molar-refractivity contribution in [2.75, 3.05) is 12.4 Å². The number of nitrogens with zero attached hydrogens (tertiary/aromatic N) is 2. The Bertz CT molecular complexity index is 665. The van der Waals surface area contributed by atoms with E-state index in [9.17, 15) is 0 Å². The molecule has 7 heteroatoms. The van der Waals surface area contributed by atoms with Crippen LogP contribution in [0.25, 0.3) is 0 Å². The van der Waals surface area contributed by atoms with E-state index < -0.39 is 0 Å². The summed E-state index contributed by atoms with van der Waals surface area (Å²) in [5, 5.41) is 3.74. The van der Waals surface area contributed by atoms with Crippen LogP contribution >= 0.6 is 43.5 Å². The van der Waals surface area contributed by atoms with Gasteiger partial charge in [-0.15, -0.1) is 0 Å². The molecule has 0 radical (unpaired) electrons. The number of anilines is 2. The van der Waals surface area contributed by atoms with Gasteiger partial charge < -0.3 is 10.1 Å². The molecule has 0 saturated heterocycles. The molecule has 1 aromatic carbocycles. The summed E-state index contributed by atoms with van der Waals surface area (Å²) in [6.07, 6.45) is 1.44. The third-order valence-corrected chi connectivity index (χ3v) is 4.48. The second-order valence-electron chi connectivity index (χ2n) is 4.67. The van der Waals surface area contributed by atoms with Crippen LogP contribution in [0, 0.1) is 0 Å². The Balaban J connectivity index is 2.46. The van der Waals surface area contributed by atoms with E-state index in [-0.39, 0.29) is 5.92 Å². The van der Waals surface area contributed by atoms with Crippen LogP contribution in [0.1, 0.15) is 25.3 Å². The van der Waals surface area contributed by atoms with Crippen LogP contribution in [0.4, 0.5) is 11.5 Å². The van der Waals surface area contributed by atoms with E-state index in [1.807, 2.05) is 26.0 Å². The van der Waals surface area contributed by atoms with Gasteiger partial charge in [-0.3, -0.25) is 0 Å². The van der Waals surface area contributed by atoms with Crippen LogP contribution in [0.15, 0.2) is 27.4 Å². The lowest BCUT2D eigenvalue weighted by Gasteiger charge is -2.16. The summed E-state index contributed by atoms with van der Waals surface area (Å²) >= 11 is 13.1. The van der Waals surface area contributed by atoms with E-state index in [1.165, 1.54) is 6.33 Å². The molecule has 0 aliphatic rings. The summed E-state index contributed by atoms with van der Waals surface area (Å²) < 4.78 is 7.07. The predicted molar refractivity (Wildman–Crippen MR) is 92.8 cm³/mol. The molecule has 1 aromatic heterocycles. The number of benzene rings is 1. The van der Waals surface area contributed by atoms with Gasteiger partial charge in [0, 0.05) is 16.1 Å². The molecule has 112 valence electrons. The monoisotopic (exact) mass is 433 g/mol. The summed E-state index contributed by atoms with van der Waals surface area (Å²) in [5.74, 6) is 1.62. The number of hydrogen-bond donors (Lipinski definition) is 1. The highest BCUT2D eigenvalue weighted by molar-refractivity contribution is 9.11. The standard InChI is InChI=1S/C14H14Br2ClN3O/c1-7(2)12-13(17)18-6-19-14(12)20-10-5-11(21-3)9(16)4-8(10)15/h4-7H,1-3H3,(H,18,19,20). The van der Waals surface area contributed by atoms with Crippen molar-refractivity contribution in [2.24, 2.45) is 0 Å². The van der Waals surface area contributed by atoms with Crippen molar-refractivity contribution in [1.29, 1.82) is 0 Å². The highest BCUT2D eigenvalue weighted by Crippen LogP contribution is 2.37. The van der Waals surface area contributed by atoms with Crippen LogP contribution in [0.3, 0.4) is 0 Å². The number of nitrogens with one attached hydrogen (secondary N) is 1. The van der Waals surface area contributed by atoms with Crippen LogP contribution in [0.5, 0.6) is 5.75 Å². The van der Waals surface area contributed by atoms with Gasteiger partial charge in [0.1, 0.15) is 23.0 Å². The van der Waals surface area contributed by atoms with E-state index in [0.29, 0.717) is 11.0 Å². The first kappa shape index (κ1) is 16.5. The average molecular weight is 436 g/mol. The topological polar surface area (TPSA) is 47.0 Å². The molecule has 0 atom stereocenters. The Morgan fingerprint density at radius 3 is 2.52 bits per heavy atom. The first-order valence-electron chi connectivity index (χ1n) is 6.24. The Hall–Kier alpha value is -0.850. The zero-order valence-corrected chi connectivity index (χ0v) is 15.7. The fraction of sp³-hybridized carbons (Fsp3) is 0.286. The maximum absolute atomic E-state index is 6.18. The molecule has 0 aliphatic heterocycles. The third kappa shape index (κ3) is 3.67. The van der Waals surface area contributed by atoms with Crippen molar-refractivity contribution >= 4 is 55.0 Å². The Morgan fingerprint density at radius 1 is 1.19 bits per heavy atom. The minimum absolute atomic E-state index is 0.206. The van der Waals surface area contributed by atoms with Crippen molar-refractivity contribution < 1.29 is 4.74 Å². The van der Waals surface area contributed by atoms with Crippen LogP contribution < -0.4 is 10.1 Å². The zero-order valence-electron chi connectivity index (χ0n) is 11.7. The molecular formula is C14H14Br2ClN3O. The number of hydrogen-bond acceptors (Lipinski definition) is 4. The van der Waals surface area contributed by atoms with Gasteiger partial charge in [-0.2, -0.15) is 0 Å². The lowest BCUT2D eigenvalue weighted by Crippen LogP contribution is -2.03. The van der Waals surface area contributed by atoms with Gasteiger partial charge in [-0.1, -0.05) is 25.4 Å². The van der Waals surface area contributed by atoms with Crippen molar-refractivity contribution in [3.8, 4) is 5.75 Å². The number of methoxy groups -OCH3 is 1. The Labute approximate surface area is 145 Å². The first-order valence-corrected chi connectivity index (χ1v) is 8.20. The van der Waals surface area contributed by atoms with Gasteiger partial charge in [-0.05, 0) is 43.8 Å². The zero-order chi connectivity index (χ0) is 15.6. The van der Waals surface area contributed by atoms with Crippen molar-refractivity contribution in [3.63, 3.8) is 0 Å². The molecule has 0 unspecified atom stereocenters. The van der Waals surface area contributed by atoms with E-state index in [0.717, 1.165) is 25.9 Å². The number of aromatic nitrogens is 2. The normalized spacial score (nSPS) is 10.8. The fourth-order valence-electron chi connectivity index (χ4n) is 1.89. The van der Waals surface area contributed by atoms with Crippen molar-refractivity contribution in [2.45, 2.75) is 19.8 Å². The van der Waals surface area contributed by atoms with E-state index in [4.69, 9.17) is 16.3 Å². The summed E-state index contributed by atoms with van der Waals surface area (Å²) in [5.41, 5.74) is 1.72. The van der Waals surface area contributed by atoms with E-state index in [1.54, 1.807) is 7.11 Å². The molecule has 21 heavy (non-hydrogen) atoms. The molecule has 0 bridgehead atoms. The van der Waals surface area contributed by atoms with Crippen LogP contribution in [0.2, 0.25) is 5.15 Å². The molecule has 1 heterocycles. The van der Waals surface area contributed by atoms with Gasteiger partial charge in [0.05, 0.1) is 17.3 Å². The molecule has 0 saturated carbocycles. The largest absolute Gasteiger partial charge is 0.495 e.